The molecule has 0 amide bonds. The Bertz CT molecular complexity index is 419. The van der Waals surface area contributed by atoms with Gasteiger partial charge in [0.05, 0.1) is 5.56 Å². The third-order valence-corrected chi connectivity index (χ3v) is 3.18. The van der Waals surface area contributed by atoms with E-state index >= 15 is 0 Å². The molecule has 6 heteroatoms. The molecule has 0 bridgehead atoms. The lowest BCUT2D eigenvalue weighted by Gasteiger charge is -2.23. The SMILES string of the molecule is CC(C)CC(CN)Nc1cc(Br)ccc1C(F)(F)F. The lowest BCUT2D eigenvalue weighted by atomic mass is 10.0. The summed E-state index contributed by atoms with van der Waals surface area (Å²) in [6.45, 7) is 4.31. The zero-order chi connectivity index (χ0) is 14.6. The zero-order valence-electron chi connectivity index (χ0n) is 10.9. The fourth-order valence-electron chi connectivity index (χ4n) is 1.89. The number of hydrogen-bond acceptors (Lipinski definition) is 2. The first-order valence-electron chi connectivity index (χ1n) is 6.07. The van der Waals surface area contributed by atoms with Crippen LogP contribution in [-0.4, -0.2) is 12.6 Å². The Balaban J connectivity index is 3.01. The largest absolute Gasteiger partial charge is 0.418 e. The van der Waals surface area contributed by atoms with E-state index in [2.05, 4.69) is 21.2 Å². The average molecular weight is 339 g/mol. The van der Waals surface area contributed by atoms with Crippen LogP contribution in [-0.2, 0) is 6.18 Å². The van der Waals surface area contributed by atoms with E-state index in [9.17, 15) is 13.2 Å². The summed E-state index contributed by atoms with van der Waals surface area (Å²) in [5.41, 5.74) is 5.01. The summed E-state index contributed by atoms with van der Waals surface area (Å²) >= 11 is 3.19. The van der Waals surface area contributed by atoms with Gasteiger partial charge in [-0.15, -0.1) is 0 Å². The molecule has 1 atom stereocenters. The van der Waals surface area contributed by atoms with Gasteiger partial charge in [0.1, 0.15) is 0 Å². The van der Waals surface area contributed by atoms with Gasteiger partial charge in [-0.3, -0.25) is 0 Å². The lowest BCUT2D eigenvalue weighted by Crippen LogP contribution is -2.31. The van der Waals surface area contributed by atoms with Gasteiger partial charge in [-0.25, -0.2) is 0 Å². The summed E-state index contributed by atoms with van der Waals surface area (Å²) in [4.78, 5) is 0. The second-order valence-electron chi connectivity index (χ2n) is 4.89. The van der Waals surface area contributed by atoms with Gasteiger partial charge in [0.15, 0.2) is 0 Å². The highest BCUT2D eigenvalue weighted by molar-refractivity contribution is 9.10. The predicted octanol–water partition coefficient (Wildman–Crippen LogP) is 4.25. The van der Waals surface area contributed by atoms with Gasteiger partial charge in [-0.1, -0.05) is 29.8 Å². The number of anilines is 1. The molecule has 0 saturated heterocycles. The van der Waals surface area contributed by atoms with Crippen LogP contribution in [0, 0.1) is 5.92 Å². The van der Waals surface area contributed by atoms with Crippen LogP contribution in [0.5, 0.6) is 0 Å². The Morgan fingerprint density at radius 3 is 2.42 bits per heavy atom. The van der Waals surface area contributed by atoms with Crippen LogP contribution in [0.15, 0.2) is 22.7 Å². The molecule has 1 unspecified atom stereocenters. The Hall–Kier alpha value is -0.750. The van der Waals surface area contributed by atoms with E-state index in [4.69, 9.17) is 5.73 Å². The summed E-state index contributed by atoms with van der Waals surface area (Å²) in [7, 11) is 0. The van der Waals surface area contributed by atoms with Crippen molar-refractivity contribution in [2.75, 3.05) is 11.9 Å². The Morgan fingerprint density at radius 1 is 1.32 bits per heavy atom. The fourth-order valence-corrected chi connectivity index (χ4v) is 2.25. The van der Waals surface area contributed by atoms with Crippen LogP contribution < -0.4 is 11.1 Å². The molecule has 0 aliphatic rings. The number of halogens is 4. The first kappa shape index (κ1) is 16.3. The Morgan fingerprint density at radius 2 is 1.95 bits per heavy atom. The normalized spacial score (nSPS) is 13.7. The molecule has 0 fully saturated rings. The smallest absolute Gasteiger partial charge is 0.381 e. The van der Waals surface area contributed by atoms with Crippen LogP contribution in [0.2, 0.25) is 0 Å². The number of hydrogen-bond donors (Lipinski definition) is 2. The first-order chi connectivity index (χ1) is 8.74. The van der Waals surface area contributed by atoms with Crippen molar-refractivity contribution in [2.45, 2.75) is 32.5 Å². The van der Waals surface area contributed by atoms with Crippen molar-refractivity contribution in [1.82, 2.24) is 0 Å². The average Bonchev–Trinajstić information content (AvgIpc) is 2.25. The highest BCUT2D eigenvalue weighted by Crippen LogP contribution is 2.36. The van der Waals surface area contributed by atoms with Gasteiger partial charge in [0.25, 0.3) is 0 Å². The third kappa shape index (κ3) is 5.03. The van der Waals surface area contributed by atoms with Crippen molar-refractivity contribution in [2.24, 2.45) is 11.7 Å². The lowest BCUT2D eigenvalue weighted by molar-refractivity contribution is -0.137. The van der Waals surface area contributed by atoms with Crippen LogP contribution in [0.4, 0.5) is 18.9 Å². The number of rotatable bonds is 5. The van der Waals surface area contributed by atoms with Crippen molar-refractivity contribution in [3.63, 3.8) is 0 Å². The summed E-state index contributed by atoms with van der Waals surface area (Å²) in [5.74, 6) is 0.363. The van der Waals surface area contributed by atoms with Crippen LogP contribution >= 0.6 is 15.9 Å². The second-order valence-corrected chi connectivity index (χ2v) is 5.81. The minimum atomic E-state index is -4.37. The maximum atomic E-state index is 12.9. The molecule has 2 nitrogen and oxygen atoms in total. The number of nitrogens with one attached hydrogen (secondary N) is 1. The molecule has 0 saturated carbocycles. The standard InChI is InChI=1S/C13H18BrF3N2/c1-8(2)5-10(7-18)19-12-6-9(14)3-4-11(12)13(15,16)17/h3-4,6,8,10,19H,5,7,18H2,1-2H3. The number of benzene rings is 1. The Labute approximate surface area is 119 Å². The third-order valence-electron chi connectivity index (χ3n) is 2.69. The maximum Gasteiger partial charge on any atom is 0.418 e. The van der Waals surface area contributed by atoms with Gasteiger partial charge >= 0.3 is 6.18 Å². The van der Waals surface area contributed by atoms with Crippen LogP contribution in [0.25, 0.3) is 0 Å². The van der Waals surface area contributed by atoms with Crippen molar-refractivity contribution in [1.29, 1.82) is 0 Å². The molecule has 108 valence electrons. The van der Waals surface area contributed by atoms with Crippen molar-refractivity contribution in [3.8, 4) is 0 Å². The van der Waals surface area contributed by atoms with Crippen molar-refractivity contribution >= 4 is 21.6 Å². The minimum Gasteiger partial charge on any atom is -0.381 e. The molecule has 0 aromatic heterocycles. The summed E-state index contributed by atoms with van der Waals surface area (Å²) in [6.07, 6.45) is -3.65. The molecule has 1 rings (SSSR count). The van der Waals surface area contributed by atoms with Crippen LogP contribution in [0.3, 0.4) is 0 Å². The zero-order valence-corrected chi connectivity index (χ0v) is 12.5. The number of nitrogens with two attached hydrogens (primary N) is 1. The molecular weight excluding hydrogens is 321 g/mol. The highest BCUT2D eigenvalue weighted by atomic mass is 79.9. The molecular formula is C13H18BrF3N2. The van der Waals surface area contributed by atoms with E-state index in [0.29, 0.717) is 16.9 Å². The molecule has 0 heterocycles. The molecule has 0 spiro atoms. The first-order valence-corrected chi connectivity index (χ1v) is 6.86. The van der Waals surface area contributed by atoms with E-state index in [-0.39, 0.29) is 11.7 Å². The molecule has 19 heavy (non-hydrogen) atoms. The van der Waals surface area contributed by atoms with E-state index in [1.807, 2.05) is 13.8 Å². The highest BCUT2D eigenvalue weighted by Gasteiger charge is 2.33. The quantitative estimate of drug-likeness (QED) is 0.842. The monoisotopic (exact) mass is 338 g/mol. The molecule has 3 N–H and O–H groups in total. The summed E-state index contributed by atoms with van der Waals surface area (Å²) < 4.78 is 39.3. The van der Waals surface area contributed by atoms with E-state index < -0.39 is 11.7 Å². The van der Waals surface area contributed by atoms with E-state index in [1.165, 1.54) is 12.1 Å². The molecule has 0 aliphatic carbocycles. The number of alkyl halides is 3. The Kier molecular flexibility index (Phi) is 5.67. The minimum absolute atomic E-state index is 0.0676. The summed E-state index contributed by atoms with van der Waals surface area (Å²) in [5, 5.41) is 2.90. The van der Waals surface area contributed by atoms with Gasteiger partial charge < -0.3 is 11.1 Å². The molecule has 1 aromatic carbocycles. The molecule has 1 aromatic rings. The maximum absolute atomic E-state index is 12.9. The van der Waals surface area contributed by atoms with Crippen LogP contribution in [0.1, 0.15) is 25.8 Å². The van der Waals surface area contributed by atoms with Gasteiger partial charge in [0, 0.05) is 22.7 Å². The van der Waals surface area contributed by atoms with Gasteiger partial charge in [-0.2, -0.15) is 13.2 Å². The fraction of sp³-hybridized carbons (Fsp3) is 0.538. The van der Waals surface area contributed by atoms with Gasteiger partial charge in [-0.05, 0) is 30.5 Å². The summed E-state index contributed by atoms with van der Waals surface area (Å²) in [6, 6.07) is 3.71. The van der Waals surface area contributed by atoms with Crippen molar-refractivity contribution in [3.05, 3.63) is 28.2 Å². The molecule has 0 aliphatic heterocycles. The predicted molar refractivity (Wildman–Crippen MR) is 75.1 cm³/mol. The second kappa shape index (κ2) is 6.61. The van der Waals surface area contributed by atoms with E-state index in [1.54, 1.807) is 0 Å². The topological polar surface area (TPSA) is 38.0 Å². The van der Waals surface area contributed by atoms with E-state index in [0.717, 1.165) is 12.5 Å². The van der Waals surface area contributed by atoms with Gasteiger partial charge in [0.2, 0.25) is 0 Å². The molecule has 0 radical (unpaired) electrons. The van der Waals surface area contributed by atoms with Crippen molar-refractivity contribution < 1.29 is 13.2 Å².